The fourth-order valence-corrected chi connectivity index (χ4v) is 4.88. The number of hydrogen-bond donors (Lipinski definition) is 10. The molecule has 0 aromatic carbocycles. The first kappa shape index (κ1) is 31.3. The van der Waals surface area contributed by atoms with E-state index in [1.165, 1.54) is 13.8 Å². The molecule has 4 saturated heterocycles. The van der Waals surface area contributed by atoms with Gasteiger partial charge in [0.05, 0.1) is 25.4 Å². The first-order valence-electron chi connectivity index (χ1n) is 12.6. The predicted molar refractivity (Wildman–Crippen MR) is 119 cm³/mol. The highest BCUT2D eigenvalue weighted by atomic mass is 16.8. The molecule has 0 saturated carbocycles. The Morgan fingerprint density at radius 2 is 0.974 bits per heavy atom. The van der Waals surface area contributed by atoms with Gasteiger partial charge in [-0.25, -0.2) is 0 Å². The fourth-order valence-electron chi connectivity index (χ4n) is 4.88. The van der Waals surface area contributed by atoms with Crippen molar-refractivity contribution in [2.45, 2.75) is 124 Å². The zero-order chi connectivity index (χ0) is 28.8. The van der Waals surface area contributed by atoms with Crippen molar-refractivity contribution in [3.8, 4) is 0 Å². The van der Waals surface area contributed by atoms with Crippen molar-refractivity contribution < 1.29 is 84.2 Å². The van der Waals surface area contributed by atoms with Crippen LogP contribution in [0.15, 0.2) is 0 Å². The van der Waals surface area contributed by atoms with Crippen LogP contribution in [0.4, 0.5) is 0 Å². The molecule has 228 valence electrons. The van der Waals surface area contributed by atoms with Crippen molar-refractivity contribution in [3.05, 3.63) is 0 Å². The third kappa shape index (κ3) is 6.40. The van der Waals surface area contributed by atoms with Gasteiger partial charge in [0.15, 0.2) is 25.2 Å². The van der Waals surface area contributed by atoms with Gasteiger partial charge in [-0.15, -0.1) is 0 Å². The molecule has 39 heavy (non-hydrogen) atoms. The molecule has 0 amide bonds. The Morgan fingerprint density at radius 3 is 1.64 bits per heavy atom. The monoisotopic (exact) mass is 574 g/mol. The predicted octanol–water partition coefficient (Wildman–Crippen LogP) is -6.42. The number of aliphatic hydroxyl groups is 10. The lowest BCUT2D eigenvalue weighted by Gasteiger charge is -2.47. The van der Waals surface area contributed by atoms with Crippen LogP contribution in [0.5, 0.6) is 0 Å². The van der Waals surface area contributed by atoms with Crippen LogP contribution in [0, 0.1) is 0 Å². The summed E-state index contributed by atoms with van der Waals surface area (Å²) in [5, 5.41) is 102. The molecule has 4 aliphatic heterocycles. The van der Waals surface area contributed by atoms with Crippen molar-refractivity contribution in [1.29, 1.82) is 0 Å². The second-order valence-corrected chi connectivity index (χ2v) is 10.2. The SMILES string of the molecule is C[C@@H]1O[C@@H](O[C@@H]2[C@@H](O[C@@H]3O[C@@H](C)[C@H](O[C@@H]4OC[C@@H](O)[C@H](O)[C@H]4O)[C@@H](O)[C@H]3O)[C@H](O)OC[C@H]2O)[C@H](O)[C@H](O)[C@H]1O. The summed E-state index contributed by atoms with van der Waals surface area (Å²) in [7, 11) is 0. The molecular weight excluding hydrogens is 536 g/mol. The molecule has 4 aliphatic rings. The summed E-state index contributed by atoms with van der Waals surface area (Å²) in [6.45, 7) is 2.09. The zero-order valence-electron chi connectivity index (χ0n) is 21.1. The van der Waals surface area contributed by atoms with E-state index in [4.69, 9.17) is 33.2 Å². The molecule has 18 atom stereocenters. The molecule has 0 unspecified atom stereocenters. The molecule has 4 fully saturated rings. The quantitative estimate of drug-likeness (QED) is 0.141. The lowest BCUT2D eigenvalue weighted by molar-refractivity contribution is -0.383. The second-order valence-electron chi connectivity index (χ2n) is 10.2. The minimum Gasteiger partial charge on any atom is -0.388 e. The maximum absolute atomic E-state index is 10.7. The Morgan fingerprint density at radius 1 is 0.462 bits per heavy atom. The molecular formula is C22H38O17. The average molecular weight is 575 g/mol. The third-order valence-electron chi connectivity index (χ3n) is 7.34. The largest absolute Gasteiger partial charge is 0.388 e. The fraction of sp³-hybridized carbons (Fsp3) is 1.00. The van der Waals surface area contributed by atoms with Crippen LogP contribution in [0.25, 0.3) is 0 Å². The first-order valence-corrected chi connectivity index (χ1v) is 12.6. The summed E-state index contributed by atoms with van der Waals surface area (Å²) in [5.74, 6) is 0. The highest BCUT2D eigenvalue weighted by Crippen LogP contribution is 2.32. The van der Waals surface area contributed by atoms with Crippen LogP contribution in [-0.4, -0.2) is 175 Å². The average Bonchev–Trinajstić information content (AvgIpc) is 2.90. The Bertz CT molecular complexity index is 792. The highest BCUT2D eigenvalue weighted by molar-refractivity contribution is 4.94. The number of rotatable bonds is 6. The topological polar surface area (TPSA) is 267 Å². The molecule has 0 aromatic heterocycles. The molecule has 0 aromatic rings. The van der Waals surface area contributed by atoms with E-state index in [9.17, 15) is 51.1 Å². The number of aliphatic hydroxyl groups excluding tert-OH is 10. The van der Waals surface area contributed by atoms with E-state index in [1.54, 1.807) is 0 Å². The molecule has 0 radical (unpaired) electrons. The molecule has 0 bridgehead atoms. The highest BCUT2D eigenvalue weighted by Gasteiger charge is 2.52. The normalized spacial score (nSPS) is 55.4. The molecule has 17 nitrogen and oxygen atoms in total. The van der Waals surface area contributed by atoms with Gasteiger partial charge in [0.2, 0.25) is 0 Å². The molecule has 17 heteroatoms. The number of hydrogen-bond acceptors (Lipinski definition) is 17. The van der Waals surface area contributed by atoms with Gasteiger partial charge in [-0.05, 0) is 13.8 Å². The van der Waals surface area contributed by atoms with E-state index in [0.717, 1.165) is 0 Å². The smallest absolute Gasteiger partial charge is 0.187 e. The minimum atomic E-state index is -1.82. The van der Waals surface area contributed by atoms with E-state index in [-0.39, 0.29) is 6.61 Å². The maximum atomic E-state index is 10.7. The molecule has 10 N–H and O–H groups in total. The van der Waals surface area contributed by atoms with Crippen molar-refractivity contribution >= 4 is 0 Å². The Labute approximate surface area is 222 Å². The van der Waals surface area contributed by atoms with Gasteiger partial charge in [-0.3, -0.25) is 0 Å². The third-order valence-corrected chi connectivity index (χ3v) is 7.34. The van der Waals surface area contributed by atoms with E-state index in [1.807, 2.05) is 0 Å². The lowest BCUT2D eigenvalue weighted by Crippen LogP contribution is -2.65. The van der Waals surface area contributed by atoms with Gasteiger partial charge in [0.1, 0.15) is 73.2 Å². The van der Waals surface area contributed by atoms with Gasteiger partial charge in [-0.2, -0.15) is 0 Å². The van der Waals surface area contributed by atoms with E-state index >= 15 is 0 Å². The first-order chi connectivity index (χ1) is 18.3. The van der Waals surface area contributed by atoms with Crippen LogP contribution >= 0.6 is 0 Å². The summed E-state index contributed by atoms with van der Waals surface area (Å²) in [5.41, 5.74) is 0. The van der Waals surface area contributed by atoms with Crippen molar-refractivity contribution in [2.75, 3.05) is 13.2 Å². The van der Waals surface area contributed by atoms with Crippen LogP contribution in [0.2, 0.25) is 0 Å². The lowest BCUT2D eigenvalue weighted by atomic mass is 9.98. The van der Waals surface area contributed by atoms with Gasteiger partial charge >= 0.3 is 0 Å². The Hall–Kier alpha value is -0.680. The van der Waals surface area contributed by atoms with Gasteiger partial charge < -0.3 is 84.2 Å². The Kier molecular flexibility index (Phi) is 10.2. The second kappa shape index (κ2) is 12.7. The van der Waals surface area contributed by atoms with Crippen LogP contribution in [-0.2, 0) is 33.2 Å². The maximum Gasteiger partial charge on any atom is 0.187 e. The minimum absolute atomic E-state index is 0.354. The molecule has 0 spiro atoms. The van der Waals surface area contributed by atoms with E-state index in [2.05, 4.69) is 0 Å². The summed E-state index contributed by atoms with van der Waals surface area (Å²) in [4.78, 5) is 0. The van der Waals surface area contributed by atoms with Crippen LogP contribution in [0.3, 0.4) is 0 Å². The molecule has 4 rings (SSSR count). The van der Waals surface area contributed by atoms with Gasteiger partial charge in [-0.1, -0.05) is 0 Å². The number of ether oxygens (including phenoxy) is 7. The van der Waals surface area contributed by atoms with E-state index < -0.39 is 117 Å². The Balaban J connectivity index is 1.43. The van der Waals surface area contributed by atoms with Crippen molar-refractivity contribution in [2.24, 2.45) is 0 Å². The molecule has 0 aliphatic carbocycles. The van der Waals surface area contributed by atoms with Crippen molar-refractivity contribution in [1.82, 2.24) is 0 Å². The van der Waals surface area contributed by atoms with Gasteiger partial charge in [0.25, 0.3) is 0 Å². The van der Waals surface area contributed by atoms with Crippen molar-refractivity contribution in [3.63, 3.8) is 0 Å². The van der Waals surface area contributed by atoms with Crippen LogP contribution in [0.1, 0.15) is 13.8 Å². The standard InChI is InChI=1S/C22H38O17/c1-5-9(25)11(27)14(30)21(35-5)38-17-8(24)4-33-19(32)18(17)39-22-15(31)12(28)16(6(2)36-22)37-20-13(29)10(26)7(23)3-34-20/h5-32H,3-4H2,1-2H3/t5-,6-,7+,8+,9-,10-,11+,12-,13+,14+,15+,16-,17-,18+,19+,20-,21-,22-/m0/s1. The summed E-state index contributed by atoms with van der Waals surface area (Å²) < 4.78 is 38.1. The summed E-state index contributed by atoms with van der Waals surface area (Å²) in [6.07, 6.45) is -27.0. The van der Waals surface area contributed by atoms with E-state index in [0.29, 0.717) is 0 Å². The van der Waals surface area contributed by atoms with Crippen LogP contribution < -0.4 is 0 Å². The zero-order valence-corrected chi connectivity index (χ0v) is 21.1. The summed E-state index contributed by atoms with van der Waals surface area (Å²) in [6, 6.07) is 0. The molecule has 4 heterocycles. The summed E-state index contributed by atoms with van der Waals surface area (Å²) >= 11 is 0. The van der Waals surface area contributed by atoms with Gasteiger partial charge in [0, 0.05) is 0 Å².